The van der Waals surface area contributed by atoms with Gasteiger partial charge in [0.2, 0.25) is 5.95 Å². The number of nitrogens with one attached hydrogen (secondary N) is 3. The van der Waals surface area contributed by atoms with Gasteiger partial charge in [0.1, 0.15) is 0 Å². The number of anilines is 1. The van der Waals surface area contributed by atoms with Crippen LogP contribution in [0.5, 0.6) is 0 Å². The third-order valence-corrected chi connectivity index (χ3v) is 4.73. The Bertz CT molecular complexity index is 598. The first-order valence-corrected chi connectivity index (χ1v) is 10.4. The van der Waals surface area contributed by atoms with E-state index in [2.05, 4.69) is 48.3 Å². The van der Waals surface area contributed by atoms with Crippen LogP contribution in [-0.4, -0.2) is 22.5 Å². The largest absolute Gasteiger partial charge is 0.338 e. The minimum absolute atomic E-state index is 0.180. The molecule has 0 bridgehead atoms. The molecule has 1 heterocycles. The molecule has 0 aliphatic rings. The second-order valence-electron chi connectivity index (χ2n) is 8.42. The number of aromatic nitrogens is 2. The number of hydrogen-bond acceptors (Lipinski definition) is 3. The molecule has 6 nitrogen and oxygen atoms in total. The van der Waals surface area contributed by atoms with Gasteiger partial charge in [0.05, 0.1) is 0 Å². The molecule has 1 rings (SSSR count). The van der Waals surface area contributed by atoms with Gasteiger partial charge in [0.15, 0.2) is 0 Å². The first-order valence-electron chi connectivity index (χ1n) is 10.4. The molecule has 3 N–H and O–H groups in total. The quantitative estimate of drug-likeness (QED) is 0.454. The van der Waals surface area contributed by atoms with Crippen LogP contribution in [0.15, 0.2) is 10.9 Å². The number of hydrogen-bond donors (Lipinski definition) is 3. The maximum atomic E-state index is 11.9. The summed E-state index contributed by atoms with van der Waals surface area (Å²) in [5.74, 6) is 2.50. The van der Waals surface area contributed by atoms with Crippen molar-refractivity contribution in [2.24, 2.45) is 17.8 Å². The van der Waals surface area contributed by atoms with E-state index in [-0.39, 0.29) is 17.5 Å². The maximum absolute atomic E-state index is 11.9. The van der Waals surface area contributed by atoms with Crippen molar-refractivity contribution in [3.05, 3.63) is 22.1 Å². The van der Waals surface area contributed by atoms with E-state index in [1.54, 1.807) is 6.92 Å². The minimum Gasteiger partial charge on any atom is -0.338 e. The number of amides is 2. The standard InChI is InChI=1S/C21H38N4O2/c1-15(2)9-11-18(12-10-16(3)4)8-6-7-13-22-21(27)25-20-23-17(5)14-19(26)24-20/h14-16,18H,6-13H2,1-5H3,(H3,22,23,24,25,26,27). The van der Waals surface area contributed by atoms with Crippen LogP contribution in [-0.2, 0) is 0 Å². The molecule has 0 saturated carbocycles. The highest BCUT2D eigenvalue weighted by Gasteiger charge is 2.11. The van der Waals surface area contributed by atoms with E-state index in [4.69, 9.17) is 0 Å². The van der Waals surface area contributed by atoms with E-state index in [1.165, 1.54) is 38.2 Å². The molecule has 27 heavy (non-hydrogen) atoms. The van der Waals surface area contributed by atoms with Crippen LogP contribution in [0, 0.1) is 24.7 Å². The summed E-state index contributed by atoms with van der Waals surface area (Å²) >= 11 is 0. The lowest BCUT2D eigenvalue weighted by Crippen LogP contribution is -2.31. The predicted molar refractivity (Wildman–Crippen MR) is 112 cm³/mol. The zero-order chi connectivity index (χ0) is 20.2. The van der Waals surface area contributed by atoms with E-state index in [9.17, 15) is 9.59 Å². The Morgan fingerprint density at radius 2 is 1.67 bits per heavy atom. The van der Waals surface area contributed by atoms with Crippen LogP contribution >= 0.6 is 0 Å². The van der Waals surface area contributed by atoms with Crippen LogP contribution in [0.2, 0.25) is 0 Å². The van der Waals surface area contributed by atoms with Gasteiger partial charge >= 0.3 is 6.03 Å². The van der Waals surface area contributed by atoms with Gasteiger partial charge in [-0.05, 0) is 31.1 Å². The van der Waals surface area contributed by atoms with Crippen molar-refractivity contribution < 1.29 is 4.79 Å². The first kappa shape index (κ1) is 23.2. The van der Waals surface area contributed by atoms with E-state index in [0.717, 1.165) is 30.6 Å². The number of aryl methyl sites for hydroxylation is 1. The number of carbonyl (C=O) groups is 1. The van der Waals surface area contributed by atoms with Crippen molar-refractivity contribution in [1.29, 1.82) is 0 Å². The van der Waals surface area contributed by atoms with Crippen molar-refractivity contribution in [2.75, 3.05) is 11.9 Å². The number of H-pyrrole nitrogens is 1. The van der Waals surface area contributed by atoms with Crippen molar-refractivity contribution >= 4 is 12.0 Å². The van der Waals surface area contributed by atoms with Crippen LogP contribution in [0.4, 0.5) is 10.7 Å². The lowest BCUT2D eigenvalue weighted by Gasteiger charge is -2.19. The molecule has 0 unspecified atom stereocenters. The Balaban J connectivity index is 2.27. The van der Waals surface area contributed by atoms with Crippen LogP contribution < -0.4 is 16.2 Å². The summed E-state index contributed by atoms with van der Waals surface area (Å²) in [4.78, 5) is 29.9. The fourth-order valence-electron chi connectivity index (χ4n) is 3.12. The Morgan fingerprint density at radius 3 is 2.22 bits per heavy atom. The highest BCUT2D eigenvalue weighted by molar-refractivity contribution is 5.87. The number of carbonyl (C=O) groups excluding carboxylic acids is 1. The van der Waals surface area contributed by atoms with Crippen LogP contribution in [0.3, 0.4) is 0 Å². The van der Waals surface area contributed by atoms with Gasteiger partial charge in [-0.25, -0.2) is 9.78 Å². The highest BCUT2D eigenvalue weighted by atomic mass is 16.2. The van der Waals surface area contributed by atoms with Crippen molar-refractivity contribution in [1.82, 2.24) is 15.3 Å². The third-order valence-electron chi connectivity index (χ3n) is 4.73. The van der Waals surface area contributed by atoms with Gasteiger partial charge < -0.3 is 5.32 Å². The lowest BCUT2D eigenvalue weighted by molar-refractivity contribution is 0.251. The van der Waals surface area contributed by atoms with E-state index >= 15 is 0 Å². The number of urea groups is 1. The van der Waals surface area contributed by atoms with Gasteiger partial charge in [-0.3, -0.25) is 15.1 Å². The Labute approximate surface area is 163 Å². The summed E-state index contributed by atoms with van der Waals surface area (Å²) in [5, 5.41) is 5.40. The summed E-state index contributed by atoms with van der Waals surface area (Å²) < 4.78 is 0. The molecule has 2 amide bonds. The molecule has 0 aliphatic heterocycles. The van der Waals surface area contributed by atoms with Crippen LogP contribution in [0.25, 0.3) is 0 Å². The SMILES string of the molecule is Cc1cc(=O)[nH]c(NC(=O)NCCCCC(CCC(C)C)CCC(C)C)n1. The Hall–Kier alpha value is -1.85. The number of nitrogens with zero attached hydrogens (tertiary/aromatic N) is 1. The minimum atomic E-state index is -0.333. The molecule has 0 spiro atoms. The molecule has 1 aromatic heterocycles. The monoisotopic (exact) mass is 378 g/mol. The van der Waals surface area contributed by atoms with E-state index < -0.39 is 0 Å². The van der Waals surface area contributed by atoms with Gasteiger partial charge in [-0.2, -0.15) is 0 Å². The first-order chi connectivity index (χ1) is 12.8. The predicted octanol–water partition coefficient (Wildman–Crippen LogP) is 4.86. The molecule has 154 valence electrons. The van der Waals surface area contributed by atoms with Gasteiger partial charge in [0.25, 0.3) is 5.56 Å². The molecular formula is C21H38N4O2. The molecule has 0 aromatic carbocycles. The number of unbranched alkanes of at least 4 members (excludes halogenated alkanes) is 1. The summed E-state index contributed by atoms with van der Waals surface area (Å²) in [6.07, 6.45) is 8.53. The second-order valence-corrected chi connectivity index (χ2v) is 8.42. The molecule has 0 radical (unpaired) electrons. The molecule has 6 heteroatoms. The molecule has 0 saturated heterocycles. The van der Waals surface area contributed by atoms with Crippen LogP contribution in [0.1, 0.15) is 78.3 Å². The van der Waals surface area contributed by atoms with E-state index in [1.807, 2.05) is 0 Å². The molecular weight excluding hydrogens is 340 g/mol. The van der Waals surface area contributed by atoms with Gasteiger partial charge in [0, 0.05) is 18.3 Å². The summed E-state index contributed by atoms with van der Waals surface area (Å²) in [6.45, 7) is 11.5. The molecule has 0 fully saturated rings. The third kappa shape index (κ3) is 11.5. The van der Waals surface area contributed by atoms with Crippen molar-refractivity contribution in [3.8, 4) is 0 Å². The summed E-state index contributed by atoms with van der Waals surface area (Å²) in [7, 11) is 0. The zero-order valence-electron chi connectivity index (χ0n) is 17.7. The maximum Gasteiger partial charge on any atom is 0.321 e. The molecule has 0 aliphatic carbocycles. The highest BCUT2D eigenvalue weighted by Crippen LogP contribution is 2.24. The van der Waals surface area contributed by atoms with E-state index in [0.29, 0.717) is 12.2 Å². The van der Waals surface area contributed by atoms with Crippen molar-refractivity contribution in [2.45, 2.75) is 79.6 Å². The molecule has 0 atom stereocenters. The number of rotatable bonds is 12. The lowest BCUT2D eigenvalue weighted by atomic mass is 9.88. The summed E-state index contributed by atoms with van der Waals surface area (Å²) in [6, 6.07) is 1.05. The topological polar surface area (TPSA) is 86.9 Å². The van der Waals surface area contributed by atoms with Crippen molar-refractivity contribution in [3.63, 3.8) is 0 Å². The average Bonchev–Trinajstić information content (AvgIpc) is 2.54. The fourth-order valence-corrected chi connectivity index (χ4v) is 3.12. The summed E-state index contributed by atoms with van der Waals surface area (Å²) in [5.41, 5.74) is 0.300. The van der Waals surface area contributed by atoms with Gasteiger partial charge in [-0.1, -0.05) is 66.2 Å². The Kier molecular flexibility index (Phi) is 10.8. The van der Waals surface area contributed by atoms with Gasteiger partial charge in [-0.15, -0.1) is 0 Å². The normalized spacial score (nSPS) is 11.4. The fraction of sp³-hybridized carbons (Fsp3) is 0.762. The second kappa shape index (κ2) is 12.5. The smallest absolute Gasteiger partial charge is 0.321 e. The molecule has 1 aromatic rings. The zero-order valence-corrected chi connectivity index (χ0v) is 17.7. The number of aromatic amines is 1. The average molecular weight is 379 g/mol. The Morgan fingerprint density at radius 1 is 1.04 bits per heavy atom.